The van der Waals surface area contributed by atoms with Crippen molar-refractivity contribution in [2.75, 3.05) is 6.61 Å². The average Bonchev–Trinajstić information content (AvgIpc) is 2.32. The number of hydrogen-bond acceptors (Lipinski definition) is 5. The van der Waals surface area contributed by atoms with E-state index in [0.717, 1.165) is 0 Å². The Kier molecular flexibility index (Phi) is 5.81. The van der Waals surface area contributed by atoms with Gasteiger partial charge in [-0.15, -0.1) is 0 Å². The maximum Gasteiger partial charge on any atom is 0.325 e. The summed E-state index contributed by atoms with van der Waals surface area (Å²) in [6.45, 7) is 14.6. The lowest BCUT2D eigenvalue weighted by Gasteiger charge is -2.46. The van der Waals surface area contributed by atoms with Crippen molar-refractivity contribution < 1.29 is 18.8 Å². The van der Waals surface area contributed by atoms with Crippen LogP contribution in [-0.2, 0) is 18.8 Å². The lowest BCUT2D eigenvalue weighted by atomic mass is 9.82. The highest BCUT2D eigenvalue weighted by Gasteiger charge is 2.51. The van der Waals surface area contributed by atoms with E-state index in [1.165, 1.54) is 0 Å². The van der Waals surface area contributed by atoms with Crippen LogP contribution in [0.1, 0.15) is 34.6 Å². The monoisotopic (exact) mass is 330 g/mol. The van der Waals surface area contributed by atoms with Gasteiger partial charge in [0.05, 0.1) is 24.7 Å². The van der Waals surface area contributed by atoms with Gasteiger partial charge in [0.1, 0.15) is 6.04 Å². The van der Waals surface area contributed by atoms with Gasteiger partial charge in [0.25, 0.3) is 0 Å². The number of carbonyl (C=O) groups is 2. The van der Waals surface area contributed by atoms with Gasteiger partial charge in [-0.2, -0.15) is 0 Å². The molecule has 0 aliphatic carbocycles. The summed E-state index contributed by atoms with van der Waals surface area (Å²) < 4.78 is 11.2. The van der Waals surface area contributed by atoms with Crippen LogP contribution in [0.2, 0.25) is 18.1 Å². The maximum absolute atomic E-state index is 11.9. The van der Waals surface area contributed by atoms with Crippen molar-refractivity contribution >= 4 is 20.2 Å². The van der Waals surface area contributed by atoms with E-state index < -0.39 is 32.3 Å². The van der Waals surface area contributed by atoms with Crippen molar-refractivity contribution in [2.24, 2.45) is 11.7 Å². The zero-order valence-electron chi connectivity index (χ0n) is 14.7. The van der Waals surface area contributed by atoms with E-state index in [1.807, 2.05) is 6.92 Å². The molecule has 0 unspecified atom stereocenters. The van der Waals surface area contributed by atoms with Crippen LogP contribution in [0.5, 0.6) is 0 Å². The molecule has 1 aliphatic rings. The van der Waals surface area contributed by atoms with Crippen LogP contribution in [0.25, 0.3) is 0 Å². The van der Waals surface area contributed by atoms with Crippen LogP contribution in [0.15, 0.2) is 0 Å². The zero-order chi connectivity index (χ0) is 17.3. The largest absolute Gasteiger partial charge is 0.465 e. The first kappa shape index (κ1) is 19.1. The maximum atomic E-state index is 11.9. The van der Waals surface area contributed by atoms with Crippen LogP contribution < -0.4 is 11.1 Å². The predicted molar refractivity (Wildman–Crippen MR) is 87.8 cm³/mol. The van der Waals surface area contributed by atoms with Crippen molar-refractivity contribution in [3.8, 4) is 0 Å². The van der Waals surface area contributed by atoms with Gasteiger partial charge in [-0.25, -0.2) is 0 Å². The molecule has 1 aliphatic heterocycles. The lowest BCUT2D eigenvalue weighted by molar-refractivity contribution is -0.151. The number of carbonyl (C=O) groups excluding carboxylic acids is 2. The number of rotatable bonds is 6. The molecule has 4 atom stereocenters. The highest BCUT2D eigenvalue weighted by molar-refractivity contribution is 6.74. The molecule has 7 heteroatoms. The number of β-lactam (4-membered cyclic amide) rings is 1. The van der Waals surface area contributed by atoms with Crippen LogP contribution in [-0.4, -0.2) is 45.0 Å². The molecule has 1 amide bonds. The van der Waals surface area contributed by atoms with E-state index in [0.29, 0.717) is 0 Å². The zero-order valence-corrected chi connectivity index (χ0v) is 15.7. The molecule has 1 rings (SSSR count). The molecule has 1 saturated heterocycles. The quantitative estimate of drug-likeness (QED) is 0.436. The first-order valence-corrected chi connectivity index (χ1v) is 10.7. The van der Waals surface area contributed by atoms with Crippen LogP contribution >= 0.6 is 0 Å². The topological polar surface area (TPSA) is 90.6 Å². The van der Waals surface area contributed by atoms with Crippen molar-refractivity contribution in [1.82, 2.24) is 5.32 Å². The lowest BCUT2D eigenvalue weighted by Crippen LogP contribution is -2.71. The smallest absolute Gasteiger partial charge is 0.325 e. The normalized spacial score (nSPS) is 25.0. The first-order chi connectivity index (χ1) is 9.92. The van der Waals surface area contributed by atoms with E-state index in [2.05, 4.69) is 39.2 Å². The van der Waals surface area contributed by atoms with Crippen LogP contribution in [0, 0.1) is 5.92 Å². The Bertz CT molecular complexity index is 434. The van der Waals surface area contributed by atoms with Crippen molar-refractivity contribution in [3.63, 3.8) is 0 Å². The fraction of sp³-hybridized carbons (Fsp3) is 0.867. The Hall–Kier alpha value is -0.923. The second kappa shape index (κ2) is 6.68. The molecular weight excluding hydrogens is 300 g/mol. The summed E-state index contributed by atoms with van der Waals surface area (Å²) >= 11 is 0. The second-order valence-electron chi connectivity index (χ2n) is 7.42. The minimum Gasteiger partial charge on any atom is -0.465 e. The van der Waals surface area contributed by atoms with E-state index in [4.69, 9.17) is 14.9 Å². The summed E-state index contributed by atoms with van der Waals surface area (Å²) in [6, 6.07) is -1.28. The molecule has 0 aromatic rings. The second-order valence-corrected chi connectivity index (χ2v) is 12.2. The molecular formula is C15H30N2O4Si. The molecule has 0 radical (unpaired) electrons. The Morgan fingerprint density at radius 1 is 1.41 bits per heavy atom. The Balaban J connectivity index is 2.77. The molecule has 128 valence electrons. The summed E-state index contributed by atoms with van der Waals surface area (Å²) in [4.78, 5) is 23.7. The third-order valence-electron chi connectivity index (χ3n) is 4.74. The summed E-state index contributed by atoms with van der Waals surface area (Å²) in [7, 11) is -1.99. The molecule has 3 N–H and O–H groups in total. The molecule has 6 nitrogen and oxygen atoms in total. The number of ether oxygens (including phenoxy) is 1. The highest BCUT2D eigenvalue weighted by atomic mass is 28.4. The standard InChI is InChI=1S/C15H30N2O4Si/c1-8-20-14(19)11(16)12-10(13(18)17-12)9(2)21-22(6,7)15(3,4)5/h9-12H,8,16H2,1-7H3,(H,17,18)/t9-,10-,11+,12-/m1/s1. The number of hydrogen-bond donors (Lipinski definition) is 2. The molecule has 1 fully saturated rings. The summed E-state index contributed by atoms with van der Waals surface area (Å²) in [6.07, 6.45) is -0.278. The summed E-state index contributed by atoms with van der Waals surface area (Å²) in [5, 5.41) is 2.76. The average molecular weight is 331 g/mol. The van der Waals surface area contributed by atoms with Gasteiger partial charge in [0.15, 0.2) is 8.32 Å². The third kappa shape index (κ3) is 3.88. The number of nitrogens with one attached hydrogen (secondary N) is 1. The molecule has 0 aromatic carbocycles. The summed E-state index contributed by atoms with van der Waals surface area (Å²) in [5.41, 5.74) is 5.92. The van der Waals surface area contributed by atoms with Gasteiger partial charge < -0.3 is 20.2 Å². The number of amides is 1. The van der Waals surface area contributed by atoms with E-state index in [1.54, 1.807) is 6.92 Å². The number of nitrogens with two attached hydrogens (primary N) is 1. The van der Waals surface area contributed by atoms with Gasteiger partial charge in [-0.1, -0.05) is 20.8 Å². The Morgan fingerprint density at radius 2 is 1.95 bits per heavy atom. The Morgan fingerprint density at radius 3 is 2.36 bits per heavy atom. The van der Waals surface area contributed by atoms with Crippen LogP contribution in [0.4, 0.5) is 0 Å². The molecule has 0 bridgehead atoms. The fourth-order valence-corrected chi connectivity index (χ4v) is 3.76. The van der Waals surface area contributed by atoms with Gasteiger partial charge >= 0.3 is 5.97 Å². The van der Waals surface area contributed by atoms with E-state index >= 15 is 0 Å². The van der Waals surface area contributed by atoms with Crippen molar-refractivity contribution in [3.05, 3.63) is 0 Å². The van der Waals surface area contributed by atoms with Gasteiger partial charge in [-0.3, -0.25) is 9.59 Å². The number of esters is 1. The molecule has 0 saturated carbocycles. The van der Waals surface area contributed by atoms with Crippen molar-refractivity contribution in [1.29, 1.82) is 0 Å². The van der Waals surface area contributed by atoms with Gasteiger partial charge in [-0.05, 0) is 32.0 Å². The van der Waals surface area contributed by atoms with Crippen LogP contribution in [0.3, 0.4) is 0 Å². The van der Waals surface area contributed by atoms with E-state index in [9.17, 15) is 9.59 Å². The molecule has 0 aromatic heterocycles. The Labute approximate surface area is 134 Å². The van der Waals surface area contributed by atoms with E-state index in [-0.39, 0.29) is 23.7 Å². The van der Waals surface area contributed by atoms with Crippen molar-refractivity contribution in [2.45, 2.75) is 70.9 Å². The summed E-state index contributed by atoms with van der Waals surface area (Å²) in [5.74, 6) is -1.01. The molecule has 0 spiro atoms. The van der Waals surface area contributed by atoms with Gasteiger partial charge in [0.2, 0.25) is 5.91 Å². The SMILES string of the molecule is CCOC(=O)[C@@H](N)[C@@H]1NC(=O)[C@@H]1[C@@H](C)O[Si](C)(C)C(C)(C)C. The molecule has 1 heterocycles. The third-order valence-corrected chi connectivity index (χ3v) is 9.31. The highest BCUT2D eigenvalue weighted by Crippen LogP contribution is 2.39. The molecule has 22 heavy (non-hydrogen) atoms. The first-order valence-electron chi connectivity index (χ1n) is 7.82. The fourth-order valence-electron chi connectivity index (χ4n) is 2.34. The predicted octanol–water partition coefficient (Wildman–Crippen LogP) is 1.40. The minimum absolute atomic E-state index is 0.0558. The van der Waals surface area contributed by atoms with Gasteiger partial charge in [0, 0.05) is 0 Å². The minimum atomic E-state index is -1.99.